The van der Waals surface area contributed by atoms with Gasteiger partial charge in [-0.1, -0.05) is 0 Å². The normalized spacial score (nSPS) is 22.0. The fourth-order valence-electron chi connectivity index (χ4n) is 5.44. The first kappa shape index (κ1) is 27.7. The number of fused-ring (bicyclic) bond motifs is 1. The van der Waals surface area contributed by atoms with E-state index < -0.39 is 10.0 Å². The number of pyridine rings is 2. The van der Waals surface area contributed by atoms with Gasteiger partial charge in [-0.25, -0.2) is 18.4 Å². The van der Waals surface area contributed by atoms with E-state index in [0.717, 1.165) is 82.8 Å². The zero-order chi connectivity index (χ0) is 28.2. The molecule has 5 heterocycles. The summed E-state index contributed by atoms with van der Waals surface area (Å²) in [6.45, 7) is 5.90. The van der Waals surface area contributed by atoms with Gasteiger partial charge in [-0.3, -0.25) is 9.71 Å². The first-order valence-corrected chi connectivity index (χ1v) is 16.0. The van der Waals surface area contributed by atoms with E-state index in [1.807, 2.05) is 18.5 Å². The Morgan fingerprint density at radius 1 is 0.878 bits per heavy atom. The molecule has 2 saturated heterocycles. The van der Waals surface area contributed by atoms with Gasteiger partial charge in [0.25, 0.3) is 0 Å². The predicted molar refractivity (Wildman–Crippen MR) is 156 cm³/mol. The summed E-state index contributed by atoms with van der Waals surface area (Å²) in [5.74, 6) is 1.88. The van der Waals surface area contributed by atoms with Crippen molar-refractivity contribution in [3.05, 3.63) is 30.7 Å². The zero-order valence-electron chi connectivity index (χ0n) is 23.2. The average Bonchev–Trinajstić information content (AvgIpc) is 2.99. The van der Waals surface area contributed by atoms with Gasteiger partial charge in [-0.05, 0) is 31.7 Å². The van der Waals surface area contributed by atoms with Crippen LogP contribution in [-0.2, 0) is 19.5 Å². The van der Waals surface area contributed by atoms with Gasteiger partial charge < -0.3 is 29.3 Å². The number of aromatic nitrogens is 4. The summed E-state index contributed by atoms with van der Waals surface area (Å²) in [5, 5.41) is 4.15. The van der Waals surface area contributed by atoms with E-state index in [9.17, 15) is 8.42 Å². The second-order valence-corrected chi connectivity index (χ2v) is 12.4. The third kappa shape index (κ3) is 7.05. The summed E-state index contributed by atoms with van der Waals surface area (Å²) in [6.07, 6.45) is 9.82. The van der Waals surface area contributed by atoms with Crippen molar-refractivity contribution in [2.45, 2.75) is 37.8 Å². The number of rotatable bonds is 8. The fourth-order valence-corrected chi connectivity index (χ4v) is 5.98. The third-order valence-corrected chi connectivity index (χ3v) is 8.18. The van der Waals surface area contributed by atoms with Gasteiger partial charge in [-0.15, -0.1) is 0 Å². The summed E-state index contributed by atoms with van der Waals surface area (Å²) in [4.78, 5) is 22.9. The van der Waals surface area contributed by atoms with Crippen LogP contribution in [-0.4, -0.2) is 99.4 Å². The van der Waals surface area contributed by atoms with Gasteiger partial charge in [0.2, 0.25) is 21.9 Å². The smallest absolute Gasteiger partial charge is 0.229 e. The molecule has 0 radical (unpaired) electrons. The summed E-state index contributed by atoms with van der Waals surface area (Å²) in [7, 11) is -3.45. The molecule has 13 nitrogen and oxygen atoms in total. The SMILES string of the molecule is CS(=O)(=O)Nc1cnc2cc(N3CCOCC3)nc(O[C@H]3CC[C@@H](Nc4ncc(N5CCOCC5)cn4)CC3)c2c1. The molecular formula is C27H36N8O5S. The topological polar surface area (TPSA) is 144 Å². The number of ether oxygens (including phenoxy) is 3. The molecule has 14 heteroatoms. The van der Waals surface area contributed by atoms with E-state index in [4.69, 9.17) is 19.2 Å². The molecule has 220 valence electrons. The van der Waals surface area contributed by atoms with Gasteiger partial charge in [0.05, 0.1) is 73.6 Å². The maximum atomic E-state index is 11.8. The van der Waals surface area contributed by atoms with Crippen LogP contribution in [0.3, 0.4) is 0 Å². The standard InChI is InChI=1S/C27H36N8O5S/c1-41(36,37)33-20-14-23-24(28-16-20)15-25(35-8-12-39-13-9-35)32-26(23)40-22-4-2-19(3-5-22)31-27-29-17-21(18-30-27)34-6-10-38-11-7-34/h14-19,22,33H,2-13H2,1H3,(H,29,30,31)/t19-,22+. The van der Waals surface area contributed by atoms with Crippen LogP contribution in [0, 0.1) is 0 Å². The second kappa shape index (κ2) is 12.2. The minimum atomic E-state index is -3.45. The van der Waals surface area contributed by atoms with Crippen LogP contribution in [0.25, 0.3) is 10.9 Å². The molecular weight excluding hydrogens is 548 g/mol. The van der Waals surface area contributed by atoms with Gasteiger partial charge >= 0.3 is 0 Å². The highest BCUT2D eigenvalue weighted by atomic mass is 32.2. The summed E-state index contributed by atoms with van der Waals surface area (Å²) < 4.78 is 43.6. The van der Waals surface area contributed by atoms with Crippen molar-refractivity contribution in [3.8, 4) is 5.88 Å². The highest BCUT2D eigenvalue weighted by Crippen LogP contribution is 2.33. The number of nitrogens with one attached hydrogen (secondary N) is 2. The second-order valence-electron chi connectivity index (χ2n) is 10.7. The predicted octanol–water partition coefficient (Wildman–Crippen LogP) is 2.27. The number of sulfonamides is 1. The van der Waals surface area contributed by atoms with E-state index in [-0.39, 0.29) is 12.1 Å². The molecule has 0 unspecified atom stereocenters. The number of hydrogen-bond donors (Lipinski definition) is 2. The Kier molecular flexibility index (Phi) is 8.21. The van der Waals surface area contributed by atoms with Crippen molar-refractivity contribution >= 4 is 44.1 Å². The Balaban J connectivity index is 1.13. The molecule has 0 atom stereocenters. The lowest BCUT2D eigenvalue weighted by molar-refractivity contribution is 0.122. The summed E-state index contributed by atoms with van der Waals surface area (Å²) in [6, 6.07) is 3.91. The number of anilines is 4. The molecule has 0 amide bonds. The Morgan fingerprint density at radius 3 is 2.20 bits per heavy atom. The lowest BCUT2D eigenvalue weighted by Crippen LogP contribution is -2.37. The van der Waals surface area contributed by atoms with Crippen molar-refractivity contribution in [1.82, 2.24) is 19.9 Å². The van der Waals surface area contributed by atoms with Crippen LogP contribution >= 0.6 is 0 Å². The van der Waals surface area contributed by atoms with E-state index >= 15 is 0 Å². The summed E-state index contributed by atoms with van der Waals surface area (Å²) >= 11 is 0. The highest BCUT2D eigenvalue weighted by molar-refractivity contribution is 7.92. The lowest BCUT2D eigenvalue weighted by Gasteiger charge is -2.31. The summed E-state index contributed by atoms with van der Waals surface area (Å²) in [5.41, 5.74) is 2.08. The Labute approximate surface area is 239 Å². The molecule has 3 aromatic rings. The molecule has 6 rings (SSSR count). The molecule has 2 N–H and O–H groups in total. The number of hydrogen-bond acceptors (Lipinski definition) is 12. The Morgan fingerprint density at radius 2 is 1.54 bits per heavy atom. The molecule has 1 saturated carbocycles. The van der Waals surface area contributed by atoms with Crippen LogP contribution in [0.5, 0.6) is 5.88 Å². The van der Waals surface area contributed by atoms with Crippen molar-refractivity contribution < 1.29 is 22.6 Å². The van der Waals surface area contributed by atoms with Crippen molar-refractivity contribution in [3.63, 3.8) is 0 Å². The lowest BCUT2D eigenvalue weighted by atomic mass is 9.93. The van der Waals surface area contributed by atoms with Crippen molar-refractivity contribution in [1.29, 1.82) is 0 Å². The van der Waals surface area contributed by atoms with E-state index in [1.54, 1.807) is 6.07 Å². The first-order chi connectivity index (χ1) is 19.9. The van der Waals surface area contributed by atoms with Gasteiger partial charge in [0.15, 0.2) is 0 Å². The highest BCUT2D eigenvalue weighted by Gasteiger charge is 2.25. The van der Waals surface area contributed by atoms with Crippen LogP contribution in [0.2, 0.25) is 0 Å². The molecule has 41 heavy (non-hydrogen) atoms. The Bertz CT molecular complexity index is 1440. The minimum Gasteiger partial charge on any atom is -0.474 e. The van der Waals surface area contributed by atoms with Crippen LogP contribution in [0.4, 0.5) is 23.1 Å². The van der Waals surface area contributed by atoms with Crippen LogP contribution in [0.1, 0.15) is 25.7 Å². The molecule has 2 aliphatic heterocycles. The largest absolute Gasteiger partial charge is 0.474 e. The average molecular weight is 585 g/mol. The molecule has 0 aromatic carbocycles. The van der Waals surface area contributed by atoms with Gasteiger partial charge in [0.1, 0.15) is 11.9 Å². The molecule has 3 fully saturated rings. The monoisotopic (exact) mass is 584 g/mol. The molecule has 0 spiro atoms. The van der Waals surface area contributed by atoms with Crippen LogP contribution < -0.4 is 24.6 Å². The van der Waals surface area contributed by atoms with E-state index in [0.29, 0.717) is 41.6 Å². The van der Waals surface area contributed by atoms with Crippen LogP contribution in [0.15, 0.2) is 30.7 Å². The zero-order valence-corrected chi connectivity index (χ0v) is 24.0. The minimum absolute atomic E-state index is 0.0279. The molecule has 0 bridgehead atoms. The molecule has 1 aliphatic carbocycles. The maximum absolute atomic E-state index is 11.8. The quantitative estimate of drug-likeness (QED) is 0.401. The molecule has 3 aliphatic rings. The first-order valence-electron chi connectivity index (χ1n) is 14.1. The number of nitrogens with zero attached hydrogens (tertiary/aromatic N) is 6. The molecule has 3 aromatic heterocycles. The maximum Gasteiger partial charge on any atom is 0.229 e. The fraction of sp³-hybridized carbons (Fsp3) is 0.556. The van der Waals surface area contributed by atoms with Crippen molar-refractivity contribution in [2.75, 3.05) is 78.7 Å². The van der Waals surface area contributed by atoms with Gasteiger partial charge in [0, 0.05) is 38.3 Å². The van der Waals surface area contributed by atoms with E-state index in [2.05, 4.69) is 34.8 Å². The van der Waals surface area contributed by atoms with Crippen molar-refractivity contribution in [2.24, 2.45) is 0 Å². The number of morpholine rings is 2. The Hall–Kier alpha value is -3.49. The third-order valence-electron chi connectivity index (χ3n) is 7.57. The van der Waals surface area contributed by atoms with Gasteiger partial charge in [-0.2, -0.15) is 4.98 Å². The van der Waals surface area contributed by atoms with E-state index in [1.165, 1.54) is 6.20 Å².